The number of anilines is 1. The lowest BCUT2D eigenvalue weighted by Gasteiger charge is -2.23. The Morgan fingerprint density at radius 1 is 1.11 bits per heavy atom. The van der Waals surface area contributed by atoms with Gasteiger partial charge in [-0.25, -0.2) is 5.01 Å². The van der Waals surface area contributed by atoms with Gasteiger partial charge >= 0.3 is 0 Å². The van der Waals surface area contributed by atoms with Gasteiger partial charge in [0, 0.05) is 23.6 Å². The van der Waals surface area contributed by atoms with Crippen LogP contribution < -0.4 is 10.1 Å². The lowest BCUT2D eigenvalue weighted by molar-refractivity contribution is -0.121. The SMILES string of the molecule is COc1ccc(C2=NN(C3=NC(=O)[C@@H](CC(=O)Nc4ccc(C)cc4C)S3)[C@@H](c3ccc(Cl)cc3)C2)cc1. The molecule has 2 atom stereocenters. The van der Waals surface area contributed by atoms with Crippen molar-refractivity contribution >= 4 is 51.7 Å². The normalized spacial score (nSPS) is 18.8. The summed E-state index contributed by atoms with van der Waals surface area (Å²) in [6, 6.07) is 21.0. The molecule has 2 amide bonds. The first kappa shape index (κ1) is 26.0. The number of amides is 2. The Morgan fingerprint density at radius 2 is 1.84 bits per heavy atom. The molecule has 0 aliphatic carbocycles. The first-order valence-electron chi connectivity index (χ1n) is 12.2. The predicted octanol–water partition coefficient (Wildman–Crippen LogP) is 6.14. The van der Waals surface area contributed by atoms with E-state index in [4.69, 9.17) is 21.4 Å². The lowest BCUT2D eigenvalue weighted by Crippen LogP contribution is -2.25. The smallest absolute Gasteiger partial charge is 0.262 e. The Bertz CT molecular complexity index is 1440. The maximum absolute atomic E-state index is 12.9. The third-order valence-electron chi connectivity index (χ3n) is 6.54. The molecule has 2 heterocycles. The molecule has 5 rings (SSSR count). The van der Waals surface area contributed by atoms with Crippen molar-refractivity contribution in [3.63, 3.8) is 0 Å². The van der Waals surface area contributed by atoms with Crippen molar-refractivity contribution in [2.75, 3.05) is 12.4 Å². The van der Waals surface area contributed by atoms with E-state index >= 15 is 0 Å². The number of carbonyl (C=O) groups is 2. The molecule has 9 heteroatoms. The molecule has 3 aromatic rings. The number of hydrazone groups is 1. The molecule has 0 bridgehead atoms. The average molecular weight is 547 g/mol. The van der Waals surface area contributed by atoms with Gasteiger partial charge in [0.15, 0.2) is 5.17 Å². The first-order chi connectivity index (χ1) is 18.3. The highest BCUT2D eigenvalue weighted by Gasteiger charge is 2.39. The van der Waals surface area contributed by atoms with E-state index in [0.29, 0.717) is 16.6 Å². The van der Waals surface area contributed by atoms with Crippen LogP contribution in [0.15, 0.2) is 76.8 Å². The number of hydrogen-bond acceptors (Lipinski definition) is 6. The van der Waals surface area contributed by atoms with Gasteiger partial charge < -0.3 is 10.1 Å². The van der Waals surface area contributed by atoms with Crippen molar-refractivity contribution in [2.45, 2.75) is 38.0 Å². The number of ether oxygens (including phenoxy) is 1. The van der Waals surface area contributed by atoms with E-state index in [-0.39, 0.29) is 24.3 Å². The molecular weight excluding hydrogens is 520 g/mol. The average Bonchev–Trinajstić information content (AvgIpc) is 3.50. The van der Waals surface area contributed by atoms with Crippen molar-refractivity contribution in [2.24, 2.45) is 10.1 Å². The minimum absolute atomic E-state index is 0.0261. The molecule has 3 aromatic carbocycles. The van der Waals surface area contributed by atoms with E-state index in [1.807, 2.05) is 80.6 Å². The van der Waals surface area contributed by atoms with Crippen LogP contribution in [0, 0.1) is 13.8 Å². The Balaban J connectivity index is 1.35. The van der Waals surface area contributed by atoms with Crippen molar-refractivity contribution in [1.29, 1.82) is 0 Å². The number of nitrogens with one attached hydrogen (secondary N) is 1. The van der Waals surface area contributed by atoms with Crippen molar-refractivity contribution < 1.29 is 14.3 Å². The fourth-order valence-corrected chi connectivity index (χ4v) is 5.70. The maximum atomic E-state index is 12.9. The van der Waals surface area contributed by atoms with Gasteiger partial charge in [-0.05, 0) is 73.0 Å². The number of hydrogen-bond donors (Lipinski definition) is 1. The van der Waals surface area contributed by atoms with Gasteiger partial charge in [-0.3, -0.25) is 9.59 Å². The quantitative estimate of drug-likeness (QED) is 0.401. The van der Waals surface area contributed by atoms with Gasteiger partial charge in [0.1, 0.15) is 11.0 Å². The topological polar surface area (TPSA) is 83.4 Å². The Morgan fingerprint density at radius 3 is 2.53 bits per heavy atom. The van der Waals surface area contributed by atoms with Gasteiger partial charge in [-0.2, -0.15) is 10.1 Å². The summed E-state index contributed by atoms with van der Waals surface area (Å²) in [7, 11) is 1.63. The Labute approximate surface area is 230 Å². The fraction of sp³-hybridized carbons (Fsp3) is 0.241. The number of aryl methyl sites for hydroxylation is 2. The second kappa shape index (κ2) is 11.0. The van der Waals surface area contributed by atoms with Crippen LogP contribution in [0.25, 0.3) is 0 Å². The summed E-state index contributed by atoms with van der Waals surface area (Å²) < 4.78 is 5.28. The van der Waals surface area contributed by atoms with Crippen molar-refractivity contribution in [3.05, 3.63) is 94.0 Å². The van der Waals surface area contributed by atoms with E-state index < -0.39 is 5.25 Å². The molecule has 0 fully saturated rings. The largest absolute Gasteiger partial charge is 0.497 e. The molecule has 1 N–H and O–H groups in total. The lowest BCUT2D eigenvalue weighted by atomic mass is 9.98. The zero-order chi connectivity index (χ0) is 26.8. The van der Waals surface area contributed by atoms with E-state index in [2.05, 4.69) is 10.3 Å². The molecule has 2 aliphatic rings. The number of carbonyl (C=O) groups excluding carboxylic acids is 2. The van der Waals surface area contributed by atoms with Crippen molar-refractivity contribution in [1.82, 2.24) is 5.01 Å². The van der Waals surface area contributed by atoms with Gasteiger partial charge in [0.25, 0.3) is 5.91 Å². The summed E-state index contributed by atoms with van der Waals surface area (Å²) >= 11 is 7.41. The van der Waals surface area contributed by atoms with Crippen LogP contribution in [0.3, 0.4) is 0 Å². The third kappa shape index (κ3) is 5.61. The summed E-state index contributed by atoms with van der Waals surface area (Å²) in [6.45, 7) is 3.95. The summed E-state index contributed by atoms with van der Waals surface area (Å²) in [6.07, 6.45) is 0.651. The zero-order valence-electron chi connectivity index (χ0n) is 21.3. The van der Waals surface area contributed by atoms with Gasteiger partial charge in [0.2, 0.25) is 5.91 Å². The van der Waals surface area contributed by atoms with Gasteiger partial charge in [-0.15, -0.1) is 0 Å². The highest BCUT2D eigenvalue weighted by molar-refractivity contribution is 8.15. The zero-order valence-corrected chi connectivity index (χ0v) is 22.8. The van der Waals surface area contributed by atoms with Gasteiger partial charge in [0.05, 0.1) is 18.9 Å². The molecule has 0 radical (unpaired) electrons. The van der Waals surface area contributed by atoms with E-state index in [1.54, 1.807) is 12.1 Å². The van der Waals surface area contributed by atoms with E-state index in [1.165, 1.54) is 11.8 Å². The molecule has 0 spiro atoms. The van der Waals surface area contributed by atoms with E-state index in [0.717, 1.165) is 39.4 Å². The Hall–Kier alpha value is -3.62. The number of benzene rings is 3. The van der Waals surface area contributed by atoms with Crippen LogP contribution in [0.5, 0.6) is 5.75 Å². The van der Waals surface area contributed by atoms with Crippen LogP contribution in [-0.2, 0) is 9.59 Å². The highest BCUT2D eigenvalue weighted by Crippen LogP contribution is 2.39. The minimum Gasteiger partial charge on any atom is -0.497 e. The van der Waals surface area contributed by atoms with Crippen LogP contribution >= 0.6 is 23.4 Å². The molecule has 194 valence electrons. The third-order valence-corrected chi connectivity index (χ3v) is 7.93. The summed E-state index contributed by atoms with van der Waals surface area (Å²) in [5, 5.41) is 10.1. The maximum Gasteiger partial charge on any atom is 0.262 e. The second-order valence-electron chi connectivity index (χ2n) is 9.30. The summed E-state index contributed by atoms with van der Waals surface area (Å²) in [5.41, 5.74) is 5.69. The first-order valence-corrected chi connectivity index (χ1v) is 13.5. The molecule has 0 unspecified atom stereocenters. The molecular formula is C29H27ClN4O3S. The van der Waals surface area contributed by atoms with Crippen LogP contribution in [0.1, 0.15) is 41.1 Å². The summed E-state index contributed by atoms with van der Waals surface area (Å²) in [4.78, 5) is 30.0. The molecule has 0 aromatic heterocycles. The number of rotatable bonds is 6. The molecule has 0 saturated heterocycles. The fourth-order valence-electron chi connectivity index (χ4n) is 4.52. The molecule has 38 heavy (non-hydrogen) atoms. The van der Waals surface area contributed by atoms with Crippen LogP contribution in [0.2, 0.25) is 5.02 Å². The predicted molar refractivity (Wildman–Crippen MR) is 153 cm³/mol. The van der Waals surface area contributed by atoms with Gasteiger partial charge in [-0.1, -0.05) is 53.2 Å². The number of methoxy groups -OCH3 is 1. The monoisotopic (exact) mass is 546 g/mol. The van der Waals surface area contributed by atoms with Crippen LogP contribution in [-0.4, -0.2) is 40.1 Å². The molecule has 2 aliphatic heterocycles. The molecule has 0 saturated carbocycles. The number of aliphatic imine (C=N–C) groups is 1. The van der Waals surface area contributed by atoms with Crippen LogP contribution in [0.4, 0.5) is 5.69 Å². The standard InChI is InChI=1S/C29H27ClN4O3S/c1-17-4-13-23(18(2)14-17)31-27(35)16-26-28(36)32-29(38-26)34-25(20-5-9-21(30)10-6-20)15-24(33-34)19-7-11-22(37-3)12-8-19/h4-14,25-26H,15-16H2,1-3H3,(H,31,35)/t25-,26-/m1/s1. The van der Waals surface area contributed by atoms with Crippen molar-refractivity contribution in [3.8, 4) is 5.75 Å². The van der Waals surface area contributed by atoms with E-state index in [9.17, 15) is 9.59 Å². The number of amidine groups is 1. The highest BCUT2D eigenvalue weighted by atomic mass is 35.5. The Kier molecular flexibility index (Phi) is 7.53. The number of thioether (sulfide) groups is 1. The summed E-state index contributed by atoms with van der Waals surface area (Å²) in [5.74, 6) is 0.211. The minimum atomic E-state index is -0.609. The second-order valence-corrected chi connectivity index (χ2v) is 10.9. The molecule has 7 nitrogen and oxygen atoms in total. The number of halogens is 1. The number of nitrogens with zero attached hydrogens (tertiary/aromatic N) is 3.